The fourth-order valence-corrected chi connectivity index (χ4v) is 2.93. The molecule has 7 heteroatoms. The second-order valence-electron chi connectivity index (χ2n) is 7.77. The van der Waals surface area contributed by atoms with E-state index in [0.717, 1.165) is 0 Å². The van der Waals surface area contributed by atoms with Crippen LogP contribution in [0, 0.1) is 12.7 Å². The van der Waals surface area contributed by atoms with Crippen molar-refractivity contribution < 1.29 is 18.4 Å². The molecular weight excluding hydrogens is 346 g/mol. The van der Waals surface area contributed by atoms with Crippen LogP contribution >= 0.6 is 0 Å². The average Bonchev–Trinajstić information content (AvgIpc) is 2.80. The van der Waals surface area contributed by atoms with Gasteiger partial charge >= 0.3 is 7.12 Å². The summed E-state index contributed by atoms with van der Waals surface area (Å²) >= 11 is 0. The van der Waals surface area contributed by atoms with Crippen molar-refractivity contribution in [1.82, 2.24) is 0 Å². The first-order valence-corrected chi connectivity index (χ1v) is 9.13. The van der Waals surface area contributed by atoms with E-state index in [1.807, 2.05) is 40.7 Å². The van der Waals surface area contributed by atoms with Crippen LogP contribution in [-0.2, 0) is 14.0 Å². The van der Waals surface area contributed by atoms with E-state index in [2.05, 4.69) is 4.99 Å². The minimum absolute atomic E-state index is 0.347. The van der Waals surface area contributed by atoms with Gasteiger partial charge in [0.15, 0.2) is 0 Å². The summed E-state index contributed by atoms with van der Waals surface area (Å²) in [6.45, 7) is 12.4. The molecule has 1 aliphatic rings. The Kier molecular flexibility index (Phi) is 6.50. The number of benzene rings is 1. The summed E-state index contributed by atoms with van der Waals surface area (Å²) in [5, 5.41) is 0. The highest BCUT2D eigenvalue weighted by Crippen LogP contribution is 2.37. The molecule has 1 aliphatic heterocycles. The Morgan fingerprint density at radius 2 is 1.85 bits per heavy atom. The summed E-state index contributed by atoms with van der Waals surface area (Å²) in [6, 6.07) is 3.54. The van der Waals surface area contributed by atoms with E-state index in [-0.39, 0.29) is 5.82 Å². The number of nitrogens with two attached hydrogens (primary N) is 1. The molecule has 1 aromatic rings. The monoisotopic (exact) mass is 376 g/mol. The van der Waals surface area contributed by atoms with Gasteiger partial charge in [-0.3, -0.25) is 4.99 Å². The van der Waals surface area contributed by atoms with Crippen molar-refractivity contribution in [2.75, 3.05) is 20.3 Å². The molecule has 0 atom stereocenters. The predicted octanol–water partition coefficient (Wildman–Crippen LogP) is 2.84. The zero-order chi connectivity index (χ0) is 20.4. The lowest BCUT2D eigenvalue weighted by Crippen LogP contribution is -2.41. The predicted molar refractivity (Wildman–Crippen MR) is 109 cm³/mol. The molecule has 1 heterocycles. The number of nitrogens with zero attached hydrogens (tertiary/aromatic N) is 1. The lowest BCUT2D eigenvalue weighted by molar-refractivity contribution is 0.00578. The number of rotatable bonds is 6. The smallest absolute Gasteiger partial charge is 0.404 e. The Hall–Kier alpha value is -1.70. The summed E-state index contributed by atoms with van der Waals surface area (Å²) in [5.41, 5.74) is 7.61. The highest BCUT2D eigenvalue weighted by molar-refractivity contribution is 6.62. The molecule has 0 saturated carbocycles. The van der Waals surface area contributed by atoms with Crippen LogP contribution in [0.3, 0.4) is 0 Å². The van der Waals surface area contributed by atoms with Gasteiger partial charge in [-0.1, -0.05) is 12.1 Å². The summed E-state index contributed by atoms with van der Waals surface area (Å²) in [7, 11) is 1.00. The molecule has 0 spiro atoms. The van der Waals surface area contributed by atoms with Crippen molar-refractivity contribution in [2.24, 2.45) is 10.7 Å². The number of hydrogen-bond acceptors (Lipinski definition) is 5. The minimum Gasteiger partial charge on any atom is -0.404 e. The van der Waals surface area contributed by atoms with Crippen molar-refractivity contribution in [3.05, 3.63) is 35.3 Å². The summed E-state index contributed by atoms with van der Waals surface area (Å²) in [6.07, 6.45) is 1.39. The first-order chi connectivity index (χ1) is 12.6. The Bertz CT molecular complexity index is 744. The van der Waals surface area contributed by atoms with E-state index < -0.39 is 18.3 Å². The van der Waals surface area contributed by atoms with E-state index in [9.17, 15) is 0 Å². The van der Waals surface area contributed by atoms with Gasteiger partial charge in [0.2, 0.25) is 0 Å². The lowest BCUT2D eigenvalue weighted by Gasteiger charge is -2.32. The van der Waals surface area contributed by atoms with Gasteiger partial charge in [0.05, 0.1) is 24.4 Å². The van der Waals surface area contributed by atoms with Crippen LogP contribution in [0.1, 0.15) is 45.7 Å². The Morgan fingerprint density at radius 1 is 1.26 bits per heavy atom. The maximum absolute atomic E-state index is 15.2. The van der Waals surface area contributed by atoms with Gasteiger partial charge in [-0.05, 0) is 52.6 Å². The van der Waals surface area contributed by atoms with Gasteiger partial charge in [0.25, 0.3) is 0 Å². The first-order valence-electron chi connectivity index (χ1n) is 9.13. The van der Waals surface area contributed by atoms with Crippen molar-refractivity contribution in [3.8, 4) is 0 Å². The first kappa shape index (κ1) is 21.6. The Morgan fingerprint density at radius 3 is 2.37 bits per heavy atom. The SMILES string of the molecule is COCCN=C(C)/C(=C\N)c1ccc(B2OC(C)(C)C(C)(C)O2)c(C)c1F. The van der Waals surface area contributed by atoms with Gasteiger partial charge in [-0.2, -0.15) is 0 Å². The molecule has 0 bridgehead atoms. The van der Waals surface area contributed by atoms with Gasteiger partial charge in [-0.15, -0.1) is 0 Å². The highest BCUT2D eigenvalue weighted by Gasteiger charge is 2.52. The molecule has 2 N–H and O–H groups in total. The summed E-state index contributed by atoms with van der Waals surface area (Å²) in [5.74, 6) is -0.347. The minimum atomic E-state index is -0.611. The number of halogens is 1. The topological polar surface area (TPSA) is 66.1 Å². The zero-order valence-electron chi connectivity index (χ0n) is 17.4. The third-order valence-electron chi connectivity index (χ3n) is 5.43. The van der Waals surface area contributed by atoms with Crippen molar-refractivity contribution in [2.45, 2.75) is 52.7 Å². The van der Waals surface area contributed by atoms with Crippen LogP contribution in [0.25, 0.3) is 5.57 Å². The van der Waals surface area contributed by atoms with E-state index in [0.29, 0.717) is 41.0 Å². The molecule has 0 unspecified atom stereocenters. The average molecular weight is 376 g/mol. The Labute approximate surface area is 161 Å². The highest BCUT2D eigenvalue weighted by atomic mass is 19.1. The molecule has 0 aromatic heterocycles. The van der Waals surface area contributed by atoms with Crippen LogP contribution in [0.4, 0.5) is 4.39 Å². The third kappa shape index (κ3) is 4.26. The van der Waals surface area contributed by atoms with Crippen LogP contribution in [0.2, 0.25) is 0 Å². The quantitative estimate of drug-likeness (QED) is 0.471. The number of ether oxygens (including phenoxy) is 1. The van der Waals surface area contributed by atoms with Crippen molar-refractivity contribution in [1.29, 1.82) is 0 Å². The molecule has 1 fully saturated rings. The van der Waals surface area contributed by atoms with E-state index in [1.54, 1.807) is 20.1 Å². The lowest BCUT2D eigenvalue weighted by atomic mass is 9.75. The fraction of sp³-hybridized carbons (Fsp3) is 0.550. The molecule has 5 nitrogen and oxygen atoms in total. The van der Waals surface area contributed by atoms with Crippen LogP contribution in [0.15, 0.2) is 23.3 Å². The Balaban J connectivity index is 2.36. The van der Waals surface area contributed by atoms with Crippen LogP contribution in [-0.4, -0.2) is 44.3 Å². The van der Waals surface area contributed by atoms with Crippen molar-refractivity contribution >= 4 is 23.9 Å². The fourth-order valence-electron chi connectivity index (χ4n) is 2.93. The molecule has 27 heavy (non-hydrogen) atoms. The zero-order valence-corrected chi connectivity index (χ0v) is 17.4. The molecule has 0 amide bonds. The van der Waals surface area contributed by atoms with Crippen LogP contribution in [0.5, 0.6) is 0 Å². The van der Waals surface area contributed by atoms with Gasteiger partial charge in [0.1, 0.15) is 5.82 Å². The van der Waals surface area contributed by atoms with Gasteiger partial charge in [0, 0.05) is 30.2 Å². The maximum Gasteiger partial charge on any atom is 0.495 e. The molecule has 2 rings (SSSR count). The van der Waals surface area contributed by atoms with E-state index in [4.69, 9.17) is 19.8 Å². The number of allylic oxidation sites excluding steroid dienone is 1. The molecule has 0 radical (unpaired) electrons. The summed E-state index contributed by atoms with van der Waals surface area (Å²) < 4.78 is 32.3. The second kappa shape index (κ2) is 8.13. The van der Waals surface area contributed by atoms with Crippen molar-refractivity contribution in [3.63, 3.8) is 0 Å². The number of methoxy groups -OCH3 is 1. The standard InChI is InChI=1S/C20H30BFN2O3/c1-13-17(21-26-19(3,4)20(5,6)27-21)9-8-15(18(13)22)16(12-23)14(2)24-10-11-25-7/h8-9,12H,10-11,23H2,1-7H3/b16-12+,24-14?. The third-order valence-corrected chi connectivity index (χ3v) is 5.43. The molecule has 1 saturated heterocycles. The molecule has 148 valence electrons. The normalized spacial score (nSPS) is 19.6. The maximum atomic E-state index is 15.2. The molecule has 0 aliphatic carbocycles. The number of hydrogen-bond donors (Lipinski definition) is 1. The number of aliphatic imine (C=N–C) groups is 1. The molecule has 1 aromatic carbocycles. The van der Waals surface area contributed by atoms with Gasteiger partial charge in [-0.25, -0.2) is 4.39 Å². The largest absolute Gasteiger partial charge is 0.495 e. The van der Waals surface area contributed by atoms with E-state index >= 15 is 4.39 Å². The van der Waals surface area contributed by atoms with E-state index in [1.165, 1.54) is 6.20 Å². The van der Waals surface area contributed by atoms with Gasteiger partial charge < -0.3 is 19.8 Å². The molecular formula is C20H30BFN2O3. The summed E-state index contributed by atoms with van der Waals surface area (Å²) in [4.78, 5) is 4.40. The van der Waals surface area contributed by atoms with Crippen LogP contribution < -0.4 is 11.2 Å². The second-order valence-corrected chi connectivity index (χ2v) is 7.77.